The number of hydrogen-bond acceptors (Lipinski definition) is 4. The SMILES string of the molecule is COc1ccccc1N1C[C@H](C(=O)N[C@@H](Cc2ccccc2)c2nc3ccccc3[nH]2)CC1=O. The molecule has 1 saturated heterocycles. The summed E-state index contributed by atoms with van der Waals surface area (Å²) in [5.74, 6) is 0.602. The fourth-order valence-electron chi connectivity index (χ4n) is 4.46. The van der Waals surface area contributed by atoms with Crippen molar-refractivity contribution < 1.29 is 14.3 Å². The quantitative estimate of drug-likeness (QED) is 0.442. The Morgan fingerprint density at radius 2 is 1.82 bits per heavy atom. The summed E-state index contributed by atoms with van der Waals surface area (Å²) in [6, 6.07) is 24.8. The number of nitrogens with zero attached hydrogens (tertiary/aromatic N) is 2. The molecule has 1 aliphatic rings. The number of anilines is 1. The van der Waals surface area contributed by atoms with Gasteiger partial charge in [0.2, 0.25) is 11.8 Å². The van der Waals surface area contributed by atoms with E-state index < -0.39 is 5.92 Å². The smallest absolute Gasteiger partial charge is 0.227 e. The maximum absolute atomic E-state index is 13.3. The number of imidazole rings is 1. The van der Waals surface area contributed by atoms with Gasteiger partial charge in [0.1, 0.15) is 11.6 Å². The van der Waals surface area contributed by atoms with Crippen molar-refractivity contribution in [3.63, 3.8) is 0 Å². The highest BCUT2D eigenvalue weighted by Gasteiger charge is 2.37. The molecule has 172 valence electrons. The fraction of sp³-hybridized carbons (Fsp3) is 0.222. The zero-order valence-corrected chi connectivity index (χ0v) is 18.9. The van der Waals surface area contributed by atoms with Gasteiger partial charge in [0.05, 0.1) is 35.8 Å². The Morgan fingerprint density at radius 3 is 2.62 bits per heavy atom. The van der Waals surface area contributed by atoms with E-state index in [0.717, 1.165) is 16.6 Å². The number of ether oxygens (including phenoxy) is 1. The molecule has 1 fully saturated rings. The molecule has 0 radical (unpaired) electrons. The van der Waals surface area contributed by atoms with Crippen LogP contribution in [0.2, 0.25) is 0 Å². The van der Waals surface area contributed by atoms with Gasteiger partial charge in [0.25, 0.3) is 0 Å². The van der Waals surface area contributed by atoms with Crippen LogP contribution in [-0.2, 0) is 16.0 Å². The second kappa shape index (κ2) is 9.39. The molecular formula is C27H26N4O3. The molecule has 0 saturated carbocycles. The van der Waals surface area contributed by atoms with Gasteiger partial charge < -0.3 is 19.9 Å². The van der Waals surface area contributed by atoms with Crippen molar-refractivity contribution in [2.24, 2.45) is 5.92 Å². The number of amides is 2. The predicted octanol–water partition coefficient (Wildman–Crippen LogP) is 4.02. The first-order chi connectivity index (χ1) is 16.6. The Morgan fingerprint density at radius 1 is 1.09 bits per heavy atom. The molecule has 0 unspecified atom stereocenters. The summed E-state index contributed by atoms with van der Waals surface area (Å²) in [4.78, 5) is 35.9. The minimum Gasteiger partial charge on any atom is -0.495 e. The van der Waals surface area contributed by atoms with Gasteiger partial charge >= 0.3 is 0 Å². The van der Waals surface area contributed by atoms with Crippen molar-refractivity contribution in [1.82, 2.24) is 15.3 Å². The molecule has 3 aromatic carbocycles. The van der Waals surface area contributed by atoms with Crippen LogP contribution in [0.5, 0.6) is 5.75 Å². The number of rotatable bonds is 7. The van der Waals surface area contributed by atoms with Crippen LogP contribution in [0.25, 0.3) is 11.0 Å². The molecule has 2 heterocycles. The second-order valence-electron chi connectivity index (χ2n) is 8.47. The van der Waals surface area contributed by atoms with Crippen molar-refractivity contribution in [3.05, 3.63) is 90.3 Å². The summed E-state index contributed by atoms with van der Waals surface area (Å²) in [7, 11) is 1.57. The van der Waals surface area contributed by atoms with E-state index in [1.54, 1.807) is 12.0 Å². The third-order valence-electron chi connectivity index (χ3n) is 6.21. The highest BCUT2D eigenvalue weighted by molar-refractivity contribution is 6.01. The number of carbonyl (C=O) groups excluding carboxylic acids is 2. The molecular weight excluding hydrogens is 428 g/mol. The van der Waals surface area contributed by atoms with Gasteiger partial charge in [-0.2, -0.15) is 0 Å². The minimum absolute atomic E-state index is 0.0898. The average Bonchev–Trinajstić information content (AvgIpc) is 3.48. The van der Waals surface area contributed by atoms with E-state index in [2.05, 4.69) is 10.3 Å². The Kier molecular flexibility index (Phi) is 5.99. The Labute approximate surface area is 197 Å². The molecule has 2 amide bonds. The lowest BCUT2D eigenvalue weighted by Gasteiger charge is -2.21. The van der Waals surface area contributed by atoms with Gasteiger partial charge in [0.15, 0.2) is 0 Å². The van der Waals surface area contributed by atoms with Crippen LogP contribution < -0.4 is 15.0 Å². The molecule has 1 aliphatic heterocycles. The first-order valence-electron chi connectivity index (χ1n) is 11.3. The van der Waals surface area contributed by atoms with Crippen molar-refractivity contribution in [1.29, 1.82) is 0 Å². The lowest BCUT2D eigenvalue weighted by atomic mass is 10.0. The molecule has 7 heteroatoms. The van der Waals surface area contributed by atoms with Gasteiger partial charge in [-0.1, -0.05) is 54.6 Å². The number of nitrogens with one attached hydrogen (secondary N) is 2. The van der Waals surface area contributed by atoms with Crippen LogP contribution in [0.1, 0.15) is 23.9 Å². The van der Waals surface area contributed by atoms with Crippen molar-refractivity contribution >= 4 is 28.5 Å². The van der Waals surface area contributed by atoms with Crippen LogP contribution in [-0.4, -0.2) is 35.4 Å². The van der Waals surface area contributed by atoms with E-state index >= 15 is 0 Å². The van der Waals surface area contributed by atoms with Gasteiger partial charge in [-0.3, -0.25) is 9.59 Å². The Hall–Kier alpha value is -4.13. The summed E-state index contributed by atoms with van der Waals surface area (Å²) < 4.78 is 5.41. The van der Waals surface area contributed by atoms with Gasteiger partial charge in [-0.25, -0.2) is 4.98 Å². The number of H-pyrrole nitrogens is 1. The maximum atomic E-state index is 13.3. The monoisotopic (exact) mass is 454 g/mol. The van der Waals surface area contributed by atoms with Crippen molar-refractivity contribution in [2.45, 2.75) is 18.9 Å². The van der Waals surface area contributed by atoms with Crippen molar-refractivity contribution in [3.8, 4) is 5.75 Å². The molecule has 0 aliphatic carbocycles. The van der Waals surface area contributed by atoms with E-state index in [1.165, 1.54) is 0 Å². The summed E-state index contributed by atoms with van der Waals surface area (Å²) in [5.41, 5.74) is 3.54. The largest absolute Gasteiger partial charge is 0.495 e. The van der Waals surface area contributed by atoms with E-state index in [1.807, 2.05) is 78.9 Å². The number of para-hydroxylation sites is 4. The average molecular weight is 455 g/mol. The number of fused-ring (bicyclic) bond motifs is 1. The molecule has 34 heavy (non-hydrogen) atoms. The molecule has 4 aromatic rings. The normalized spacial score (nSPS) is 16.6. The van der Waals surface area contributed by atoms with E-state index in [4.69, 9.17) is 9.72 Å². The summed E-state index contributed by atoms with van der Waals surface area (Å²) in [6.07, 6.45) is 0.741. The lowest BCUT2D eigenvalue weighted by molar-refractivity contribution is -0.127. The van der Waals surface area contributed by atoms with Gasteiger partial charge in [0, 0.05) is 13.0 Å². The standard InChI is InChI=1S/C27H26N4O3/c1-34-24-14-8-7-13-23(24)31-17-19(16-25(31)32)27(33)30-22(15-18-9-3-2-4-10-18)26-28-20-11-5-6-12-21(20)29-26/h2-14,19,22H,15-17H2,1H3,(H,28,29)(H,30,33)/t19-,22+/m1/s1. The van der Waals surface area contributed by atoms with E-state index in [-0.39, 0.29) is 24.3 Å². The van der Waals surface area contributed by atoms with Crippen LogP contribution in [0.4, 0.5) is 5.69 Å². The van der Waals surface area contributed by atoms with Crippen molar-refractivity contribution in [2.75, 3.05) is 18.6 Å². The molecule has 5 rings (SSSR count). The predicted molar refractivity (Wildman–Crippen MR) is 131 cm³/mol. The first-order valence-corrected chi connectivity index (χ1v) is 11.3. The third-order valence-corrected chi connectivity index (χ3v) is 6.21. The number of benzene rings is 3. The molecule has 0 spiro atoms. The van der Waals surface area contributed by atoms with Crippen LogP contribution in [0.15, 0.2) is 78.9 Å². The molecule has 7 nitrogen and oxygen atoms in total. The topological polar surface area (TPSA) is 87.3 Å². The lowest BCUT2D eigenvalue weighted by Crippen LogP contribution is -2.37. The van der Waals surface area contributed by atoms with Crippen LogP contribution in [0.3, 0.4) is 0 Å². The van der Waals surface area contributed by atoms with E-state index in [0.29, 0.717) is 30.2 Å². The van der Waals surface area contributed by atoms with E-state index in [9.17, 15) is 9.59 Å². The summed E-state index contributed by atoms with van der Waals surface area (Å²) in [6.45, 7) is 0.309. The number of carbonyl (C=O) groups is 2. The highest BCUT2D eigenvalue weighted by Crippen LogP contribution is 2.33. The molecule has 0 bridgehead atoms. The number of aromatic nitrogens is 2. The minimum atomic E-state index is -0.458. The number of hydrogen-bond donors (Lipinski definition) is 2. The summed E-state index contributed by atoms with van der Waals surface area (Å²) in [5, 5.41) is 3.16. The zero-order chi connectivity index (χ0) is 23.5. The summed E-state index contributed by atoms with van der Waals surface area (Å²) >= 11 is 0. The molecule has 1 aromatic heterocycles. The number of aromatic amines is 1. The maximum Gasteiger partial charge on any atom is 0.227 e. The van der Waals surface area contributed by atoms with Crippen LogP contribution >= 0.6 is 0 Å². The zero-order valence-electron chi connectivity index (χ0n) is 18.9. The second-order valence-corrected chi connectivity index (χ2v) is 8.47. The first kappa shape index (κ1) is 21.7. The highest BCUT2D eigenvalue weighted by atomic mass is 16.5. The van der Waals surface area contributed by atoms with Gasteiger partial charge in [-0.15, -0.1) is 0 Å². The number of methoxy groups -OCH3 is 1. The molecule has 2 atom stereocenters. The fourth-order valence-corrected chi connectivity index (χ4v) is 4.46. The third kappa shape index (κ3) is 4.37. The molecule has 2 N–H and O–H groups in total. The van der Waals surface area contributed by atoms with Gasteiger partial charge in [-0.05, 0) is 36.2 Å². The Balaban J connectivity index is 1.37. The Bertz CT molecular complexity index is 1280. The van der Waals surface area contributed by atoms with Crippen LogP contribution in [0, 0.1) is 5.92 Å².